The number of amides is 7. The van der Waals surface area contributed by atoms with E-state index in [1.165, 1.54) is 13.1 Å². The van der Waals surface area contributed by atoms with Crippen molar-refractivity contribution in [3.05, 3.63) is 101 Å². The van der Waals surface area contributed by atoms with Crippen molar-refractivity contribution in [2.45, 2.75) is 99.4 Å². The molecule has 0 radical (unpaired) electrons. The number of aliphatic carboxylic acids is 1. The van der Waals surface area contributed by atoms with Crippen molar-refractivity contribution < 1.29 is 58.4 Å². The van der Waals surface area contributed by atoms with Crippen LogP contribution in [-0.2, 0) is 51.2 Å². The summed E-state index contributed by atoms with van der Waals surface area (Å²) >= 11 is 0. The number of carboxylic acids is 1. The molecule has 2 aromatic heterocycles. The Morgan fingerprint density at radius 1 is 0.845 bits per heavy atom. The Labute approximate surface area is 405 Å². The van der Waals surface area contributed by atoms with Gasteiger partial charge in [0.25, 0.3) is 0 Å². The van der Waals surface area contributed by atoms with Crippen molar-refractivity contribution in [3.8, 4) is 5.75 Å². The molecule has 23 nitrogen and oxygen atoms in total. The van der Waals surface area contributed by atoms with E-state index < -0.39 is 121 Å². The maximum Gasteiger partial charge on any atom is 0.326 e. The van der Waals surface area contributed by atoms with Gasteiger partial charge in [-0.15, -0.1) is 0 Å². The molecule has 17 N–H and O–H groups in total. The number of aliphatic hydroxyl groups is 2. The van der Waals surface area contributed by atoms with Crippen molar-refractivity contribution in [2.24, 2.45) is 17.2 Å². The van der Waals surface area contributed by atoms with E-state index in [4.69, 9.17) is 21.9 Å². The number of aliphatic hydroxyl groups excluding tert-OH is 2. The number of fused-ring (bicyclic) bond motifs is 7. The van der Waals surface area contributed by atoms with E-state index >= 15 is 0 Å². The molecule has 8 rings (SSSR count). The first-order chi connectivity index (χ1) is 34.0. The molecule has 8 bridgehead atoms. The van der Waals surface area contributed by atoms with Crippen LogP contribution in [0.4, 0.5) is 0 Å². The van der Waals surface area contributed by atoms with E-state index in [1.807, 2.05) is 0 Å². The van der Waals surface area contributed by atoms with Gasteiger partial charge in [-0.3, -0.25) is 33.6 Å². The Morgan fingerprint density at radius 2 is 1.61 bits per heavy atom. The number of aromatic nitrogens is 2. The van der Waals surface area contributed by atoms with Gasteiger partial charge in [-0.1, -0.05) is 54.6 Å². The van der Waals surface area contributed by atoms with Gasteiger partial charge in [0.15, 0.2) is 6.10 Å². The summed E-state index contributed by atoms with van der Waals surface area (Å²) in [5.41, 5.74) is 20.7. The molecule has 23 heteroatoms. The van der Waals surface area contributed by atoms with Gasteiger partial charge < -0.3 is 79.1 Å². The van der Waals surface area contributed by atoms with Gasteiger partial charge in [-0.25, -0.2) is 4.79 Å². The fourth-order valence-corrected chi connectivity index (χ4v) is 8.96. The smallest absolute Gasteiger partial charge is 0.326 e. The van der Waals surface area contributed by atoms with Crippen LogP contribution in [-0.4, -0.2) is 134 Å². The van der Waals surface area contributed by atoms with Gasteiger partial charge in [-0.2, -0.15) is 0 Å². The Kier molecular flexibility index (Phi) is 16.0. The van der Waals surface area contributed by atoms with Crippen molar-refractivity contribution in [2.75, 3.05) is 13.2 Å². The van der Waals surface area contributed by atoms with Gasteiger partial charge in [0.1, 0.15) is 42.0 Å². The number of carboxylic acid groups (broad SMARTS) is 1. The summed E-state index contributed by atoms with van der Waals surface area (Å²) in [6, 6.07) is 7.21. The van der Waals surface area contributed by atoms with Crippen LogP contribution in [0.3, 0.4) is 0 Å². The zero-order valence-corrected chi connectivity index (χ0v) is 38.5. The van der Waals surface area contributed by atoms with Crippen LogP contribution in [0.1, 0.15) is 60.5 Å². The normalized spacial score (nSPS) is 23.1. The van der Waals surface area contributed by atoms with E-state index in [9.17, 15) is 53.7 Å². The summed E-state index contributed by atoms with van der Waals surface area (Å²) in [4.78, 5) is 117. The number of hydrogen-bond donors (Lipinski definition) is 14. The average Bonchev–Trinajstić information content (AvgIpc) is 3.96. The standard InChI is InChI=1S/C48H57N11O12/c1-22(61)37-45(66)58-39(46(67)56-34(21-60)44(65)55-33(48(69)70)15-23-7-3-2-4-8-23)26(10-6-14-49)24-12-13-28-29(20-52-31(28)17-24)41-40(47(68)57-37)59-43(64)32(18-36(51)62)54-42(63)30(50)16-25-19-53-38-27(25)9-5-11-35(38)71-41/h2-5,7-9,11-13,17,19-20,22,26,30,32-34,37,39-41,52-53,60-61H,6,10,14-16,18,21,49-50H2,1H3,(H2,51,62)(H,54,63)(H,55,65)(H,56,67)(H,57,68)(H,58,66)(H,59,64)(H,69,70)/t22?,26-,30-,32-,33-,34-,37-,39-,40-,41+/m0/s1. The van der Waals surface area contributed by atoms with Gasteiger partial charge in [0.05, 0.1) is 30.7 Å². The first-order valence-corrected chi connectivity index (χ1v) is 23.0. The third kappa shape index (κ3) is 11.6. The number of nitrogens with one attached hydrogen (secondary N) is 8. The van der Waals surface area contributed by atoms with Crippen LogP contribution in [0.2, 0.25) is 0 Å². The predicted octanol–water partition coefficient (Wildman–Crippen LogP) is -2.03. The maximum absolute atomic E-state index is 15.0. The number of carbonyl (C=O) groups is 8. The lowest BCUT2D eigenvalue weighted by molar-refractivity contribution is -0.142. The van der Waals surface area contributed by atoms with E-state index in [0.29, 0.717) is 50.5 Å². The number of aromatic amines is 2. The minimum atomic E-state index is -1.87. The fraction of sp³-hybridized carbons (Fsp3) is 0.375. The van der Waals surface area contributed by atoms with Crippen LogP contribution in [0.15, 0.2) is 79.1 Å². The first kappa shape index (κ1) is 51.0. The highest BCUT2D eigenvalue weighted by molar-refractivity contribution is 6.00. The number of rotatable bonds is 14. The molecular formula is C48H57N11O12. The molecule has 0 saturated carbocycles. The molecule has 0 aliphatic carbocycles. The van der Waals surface area contributed by atoms with Crippen LogP contribution >= 0.6 is 0 Å². The highest BCUT2D eigenvalue weighted by Gasteiger charge is 2.42. The molecule has 376 valence electrons. The molecule has 71 heavy (non-hydrogen) atoms. The average molecular weight is 980 g/mol. The lowest BCUT2D eigenvalue weighted by Gasteiger charge is -2.34. The number of primary amides is 1. The number of nitrogens with two attached hydrogens (primary N) is 3. The maximum atomic E-state index is 15.0. The van der Waals surface area contributed by atoms with Crippen molar-refractivity contribution in [1.29, 1.82) is 0 Å². The van der Waals surface area contributed by atoms with Gasteiger partial charge in [0.2, 0.25) is 41.4 Å². The van der Waals surface area contributed by atoms with Gasteiger partial charge >= 0.3 is 5.97 Å². The highest BCUT2D eigenvalue weighted by Crippen LogP contribution is 2.37. The minimum absolute atomic E-state index is 0.0107. The Morgan fingerprint density at radius 3 is 2.30 bits per heavy atom. The third-order valence-corrected chi connectivity index (χ3v) is 12.7. The van der Waals surface area contributed by atoms with E-state index in [0.717, 1.165) is 0 Å². The van der Waals surface area contributed by atoms with Crippen molar-refractivity contribution >= 4 is 69.1 Å². The van der Waals surface area contributed by atoms with E-state index in [-0.39, 0.29) is 31.6 Å². The summed E-state index contributed by atoms with van der Waals surface area (Å²) < 4.78 is 6.76. The highest BCUT2D eigenvalue weighted by atomic mass is 16.5. The number of para-hydroxylation sites is 1. The number of ether oxygens (including phenoxy) is 1. The molecule has 5 aromatic rings. The quantitative estimate of drug-likeness (QED) is 0.0571. The summed E-state index contributed by atoms with van der Waals surface area (Å²) in [7, 11) is 0. The zero-order chi connectivity index (χ0) is 51.1. The number of hydrogen-bond acceptors (Lipinski definition) is 13. The Hall–Kier alpha value is -7.86. The molecule has 0 saturated heterocycles. The van der Waals surface area contributed by atoms with Crippen molar-refractivity contribution in [3.63, 3.8) is 0 Å². The molecule has 3 aliphatic rings. The summed E-state index contributed by atoms with van der Waals surface area (Å²) in [5.74, 6) is -9.22. The molecule has 3 aliphatic heterocycles. The van der Waals surface area contributed by atoms with Crippen molar-refractivity contribution in [1.82, 2.24) is 41.9 Å². The van der Waals surface area contributed by atoms with Crippen LogP contribution < -0.4 is 53.8 Å². The van der Waals surface area contributed by atoms with E-state index in [2.05, 4.69) is 41.9 Å². The SMILES string of the molecule is CC(O)[C@@H]1NC(=O)[C@H]2NC(=O)[C@H](CC(N)=O)NC(=O)[C@@H](N)Cc3c[nH]c4c(cccc34)O[C@@H]2c2c[nH]c3cc(ccc23)[C@H](CCCN)[C@@H](C(=O)N[C@@H](CO)C(=O)N[C@@H](Cc2ccccc2)C(=O)O)NC1=O. The molecule has 3 aromatic carbocycles. The Bertz CT molecular complexity index is 2810. The topological polar surface area (TPSA) is 388 Å². The molecule has 0 fully saturated rings. The summed E-state index contributed by atoms with van der Waals surface area (Å²) in [5, 5.41) is 47.7. The molecule has 5 heterocycles. The molecular weight excluding hydrogens is 923 g/mol. The van der Waals surface area contributed by atoms with E-state index in [1.54, 1.807) is 72.9 Å². The second-order valence-electron chi connectivity index (χ2n) is 17.7. The Balaban J connectivity index is 1.33. The van der Waals surface area contributed by atoms with Crippen LogP contribution in [0.25, 0.3) is 21.8 Å². The molecule has 10 atom stereocenters. The lowest BCUT2D eigenvalue weighted by Crippen LogP contribution is -2.63. The molecule has 7 amide bonds. The predicted molar refractivity (Wildman–Crippen MR) is 255 cm³/mol. The van der Waals surface area contributed by atoms with Gasteiger partial charge in [0, 0.05) is 46.6 Å². The van der Waals surface area contributed by atoms with Crippen LogP contribution in [0, 0.1) is 0 Å². The summed E-state index contributed by atoms with van der Waals surface area (Å²) in [6.45, 7) is 0.352. The second-order valence-corrected chi connectivity index (χ2v) is 17.7. The third-order valence-electron chi connectivity index (χ3n) is 12.7. The fourth-order valence-electron chi connectivity index (χ4n) is 8.96. The summed E-state index contributed by atoms with van der Waals surface area (Å²) in [6.07, 6.45) is -0.332. The first-order valence-electron chi connectivity index (χ1n) is 23.0. The molecule has 0 spiro atoms. The largest absolute Gasteiger partial charge is 0.481 e. The second kappa shape index (κ2) is 22.3. The lowest BCUT2D eigenvalue weighted by atomic mass is 9.85. The number of carbonyl (C=O) groups excluding carboxylic acids is 7. The zero-order valence-electron chi connectivity index (χ0n) is 38.5. The monoisotopic (exact) mass is 979 g/mol. The number of H-pyrrole nitrogens is 2. The number of benzene rings is 3. The molecule has 1 unspecified atom stereocenters. The van der Waals surface area contributed by atoms with Gasteiger partial charge in [-0.05, 0) is 61.6 Å². The van der Waals surface area contributed by atoms with Crippen LogP contribution in [0.5, 0.6) is 5.75 Å². The minimum Gasteiger partial charge on any atom is -0.481 e.